The Morgan fingerprint density at radius 1 is 1.06 bits per heavy atom. The summed E-state index contributed by atoms with van der Waals surface area (Å²) in [5.41, 5.74) is 6.40. The molecular formula is C24H22N4O2S. The molecule has 0 atom stereocenters. The molecule has 4 aromatic rings. The van der Waals surface area contributed by atoms with Crippen LogP contribution in [0.4, 0.5) is 0 Å². The molecule has 156 valence electrons. The number of nitrogens with one attached hydrogen (secondary N) is 1. The molecular weight excluding hydrogens is 408 g/mol. The van der Waals surface area contributed by atoms with Crippen LogP contribution in [0.25, 0.3) is 11.0 Å². The fourth-order valence-corrected chi connectivity index (χ4v) is 3.82. The summed E-state index contributed by atoms with van der Waals surface area (Å²) in [6.45, 7) is 0.465. The molecule has 0 aliphatic carbocycles. The van der Waals surface area contributed by atoms with Crippen molar-refractivity contribution in [3.63, 3.8) is 0 Å². The van der Waals surface area contributed by atoms with Gasteiger partial charge in [0.1, 0.15) is 12.4 Å². The third kappa shape index (κ3) is 5.32. The maximum absolute atomic E-state index is 12.2. The van der Waals surface area contributed by atoms with Gasteiger partial charge in [0.2, 0.25) is 0 Å². The first-order chi connectivity index (χ1) is 15.2. The number of para-hydroxylation sites is 3. The van der Waals surface area contributed by atoms with Crippen LogP contribution in [-0.4, -0.2) is 27.4 Å². The van der Waals surface area contributed by atoms with Crippen molar-refractivity contribution >= 4 is 34.9 Å². The fourth-order valence-electron chi connectivity index (χ4n) is 3.04. The van der Waals surface area contributed by atoms with Crippen molar-refractivity contribution in [2.75, 3.05) is 5.75 Å². The van der Waals surface area contributed by atoms with Crippen LogP contribution in [0.2, 0.25) is 0 Å². The quantitative estimate of drug-likeness (QED) is 0.256. The number of ether oxygens (including phenoxy) is 1. The Hall–Kier alpha value is -3.58. The molecule has 0 saturated heterocycles. The number of imidazole rings is 1. The van der Waals surface area contributed by atoms with Crippen LogP contribution < -0.4 is 10.2 Å². The van der Waals surface area contributed by atoms with Gasteiger partial charge in [-0.1, -0.05) is 66.4 Å². The molecule has 4 rings (SSSR count). The highest BCUT2D eigenvalue weighted by molar-refractivity contribution is 7.99. The molecule has 1 N–H and O–H groups in total. The maximum atomic E-state index is 12.2. The topological polar surface area (TPSA) is 68.5 Å². The van der Waals surface area contributed by atoms with E-state index in [1.54, 1.807) is 6.21 Å². The number of aromatic nitrogens is 2. The number of nitrogens with zero attached hydrogens (tertiary/aromatic N) is 3. The molecule has 0 fully saturated rings. The van der Waals surface area contributed by atoms with E-state index in [0.29, 0.717) is 12.4 Å². The van der Waals surface area contributed by atoms with E-state index >= 15 is 0 Å². The number of benzene rings is 3. The van der Waals surface area contributed by atoms with Gasteiger partial charge < -0.3 is 9.30 Å². The predicted molar refractivity (Wildman–Crippen MR) is 124 cm³/mol. The van der Waals surface area contributed by atoms with Gasteiger partial charge in [0, 0.05) is 12.6 Å². The number of carbonyl (C=O) groups is 1. The Labute approximate surface area is 185 Å². The number of hydrogen-bond acceptors (Lipinski definition) is 5. The molecule has 6 nitrogen and oxygen atoms in total. The lowest BCUT2D eigenvalue weighted by atomic mass is 10.2. The third-order valence-electron chi connectivity index (χ3n) is 4.63. The second-order valence-electron chi connectivity index (χ2n) is 6.84. The van der Waals surface area contributed by atoms with Crippen molar-refractivity contribution in [2.45, 2.75) is 11.8 Å². The summed E-state index contributed by atoms with van der Waals surface area (Å²) in [6, 6.07) is 25.4. The second kappa shape index (κ2) is 9.95. The van der Waals surface area contributed by atoms with E-state index < -0.39 is 0 Å². The van der Waals surface area contributed by atoms with Crippen LogP contribution in [0, 0.1) is 0 Å². The van der Waals surface area contributed by atoms with Gasteiger partial charge in [0.05, 0.1) is 23.0 Å². The van der Waals surface area contributed by atoms with E-state index in [-0.39, 0.29) is 11.7 Å². The van der Waals surface area contributed by atoms with Crippen LogP contribution >= 0.6 is 11.8 Å². The smallest absolute Gasteiger partial charge is 0.250 e. The van der Waals surface area contributed by atoms with Gasteiger partial charge in [-0.15, -0.1) is 0 Å². The van der Waals surface area contributed by atoms with Crippen LogP contribution in [0.5, 0.6) is 5.75 Å². The number of hydrazone groups is 1. The number of rotatable bonds is 8. The van der Waals surface area contributed by atoms with Crippen molar-refractivity contribution in [1.29, 1.82) is 0 Å². The summed E-state index contributed by atoms with van der Waals surface area (Å²) >= 11 is 1.38. The molecule has 1 aromatic heterocycles. The fraction of sp³-hybridized carbons (Fsp3) is 0.125. The van der Waals surface area contributed by atoms with Crippen molar-refractivity contribution in [3.05, 3.63) is 90.0 Å². The highest BCUT2D eigenvalue weighted by Gasteiger charge is 2.10. The van der Waals surface area contributed by atoms with E-state index in [4.69, 9.17) is 4.74 Å². The molecule has 3 aromatic carbocycles. The molecule has 7 heteroatoms. The summed E-state index contributed by atoms with van der Waals surface area (Å²) in [5.74, 6) is 0.732. The molecule has 0 unspecified atom stereocenters. The molecule has 0 radical (unpaired) electrons. The number of carbonyl (C=O) groups excluding carboxylic acids is 1. The molecule has 0 bridgehead atoms. The SMILES string of the molecule is Cn1c(SCC(=O)N/N=C\c2ccccc2OCc2ccccc2)nc2ccccc21. The van der Waals surface area contributed by atoms with Crippen molar-refractivity contribution in [3.8, 4) is 5.75 Å². The number of aryl methyl sites for hydroxylation is 1. The van der Waals surface area contributed by atoms with Gasteiger partial charge in [-0.2, -0.15) is 5.10 Å². The summed E-state index contributed by atoms with van der Waals surface area (Å²) in [4.78, 5) is 16.8. The maximum Gasteiger partial charge on any atom is 0.250 e. The molecule has 1 heterocycles. The highest BCUT2D eigenvalue weighted by atomic mass is 32.2. The zero-order valence-corrected chi connectivity index (χ0v) is 17.9. The predicted octanol–water partition coefficient (Wildman–Crippen LogP) is 4.39. The van der Waals surface area contributed by atoms with Gasteiger partial charge >= 0.3 is 0 Å². The zero-order chi connectivity index (χ0) is 21.5. The normalized spacial score (nSPS) is 11.1. The third-order valence-corrected chi connectivity index (χ3v) is 5.66. The van der Waals surface area contributed by atoms with Crippen molar-refractivity contribution in [2.24, 2.45) is 12.1 Å². The molecule has 0 saturated carbocycles. The van der Waals surface area contributed by atoms with Gasteiger partial charge in [-0.3, -0.25) is 4.79 Å². The monoisotopic (exact) mass is 430 g/mol. The van der Waals surface area contributed by atoms with Crippen molar-refractivity contribution in [1.82, 2.24) is 15.0 Å². The van der Waals surface area contributed by atoms with E-state index in [2.05, 4.69) is 15.5 Å². The number of fused-ring (bicyclic) bond motifs is 1. The first kappa shape index (κ1) is 20.7. The van der Waals surface area contributed by atoms with Crippen LogP contribution in [0.1, 0.15) is 11.1 Å². The lowest BCUT2D eigenvalue weighted by Crippen LogP contribution is -2.20. The van der Waals surface area contributed by atoms with Crippen LogP contribution in [-0.2, 0) is 18.4 Å². The Morgan fingerprint density at radius 2 is 1.81 bits per heavy atom. The van der Waals surface area contributed by atoms with Crippen LogP contribution in [0.3, 0.4) is 0 Å². The molecule has 31 heavy (non-hydrogen) atoms. The minimum absolute atomic E-state index is 0.198. The van der Waals surface area contributed by atoms with E-state index in [1.807, 2.05) is 90.5 Å². The lowest BCUT2D eigenvalue weighted by Gasteiger charge is -2.09. The first-order valence-electron chi connectivity index (χ1n) is 9.82. The van der Waals surface area contributed by atoms with Gasteiger partial charge in [0.25, 0.3) is 5.91 Å². The summed E-state index contributed by atoms with van der Waals surface area (Å²) in [5, 5.41) is 4.88. The van der Waals surface area contributed by atoms with E-state index in [9.17, 15) is 4.79 Å². The molecule has 0 aliphatic rings. The Kier molecular flexibility index (Phi) is 6.64. The van der Waals surface area contributed by atoms with Crippen LogP contribution in [0.15, 0.2) is 89.1 Å². The molecule has 1 amide bonds. The van der Waals surface area contributed by atoms with Crippen molar-refractivity contribution < 1.29 is 9.53 Å². The lowest BCUT2D eigenvalue weighted by molar-refractivity contribution is -0.118. The Balaban J connectivity index is 1.32. The van der Waals surface area contributed by atoms with Gasteiger partial charge in [-0.25, -0.2) is 10.4 Å². The van der Waals surface area contributed by atoms with Gasteiger partial charge in [0.15, 0.2) is 5.16 Å². The summed E-state index contributed by atoms with van der Waals surface area (Å²) in [6.07, 6.45) is 1.60. The number of thioether (sulfide) groups is 1. The van der Waals surface area contributed by atoms with Gasteiger partial charge in [-0.05, 0) is 29.8 Å². The zero-order valence-electron chi connectivity index (χ0n) is 17.1. The largest absolute Gasteiger partial charge is 0.488 e. The van der Waals surface area contributed by atoms with E-state index in [0.717, 1.165) is 27.3 Å². The average Bonchev–Trinajstić information content (AvgIpc) is 3.13. The first-order valence-corrected chi connectivity index (χ1v) is 10.8. The second-order valence-corrected chi connectivity index (χ2v) is 7.78. The molecule has 0 spiro atoms. The standard InChI is InChI=1S/C24H22N4O2S/c1-28-21-13-7-6-12-20(21)26-24(28)31-17-23(29)27-25-15-19-11-5-8-14-22(19)30-16-18-9-3-2-4-10-18/h2-15H,16-17H2,1H3,(H,27,29)/b25-15-. The Bertz CT molecular complexity index is 1200. The highest BCUT2D eigenvalue weighted by Crippen LogP contribution is 2.22. The summed E-state index contributed by atoms with van der Waals surface area (Å²) in [7, 11) is 1.94. The minimum Gasteiger partial charge on any atom is -0.488 e. The molecule has 0 aliphatic heterocycles. The van der Waals surface area contributed by atoms with E-state index in [1.165, 1.54) is 11.8 Å². The Morgan fingerprint density at radius 3 is 2.65 bits per heavy atom. The summed E-state index contributed by atoms with van der Waals surface area (Å²) < 4.78 is 7.89. The number of hydrogen-bond donors (Lipinski definition) is 1. The number of amides is 1. The minimum atomic E-state index is -0.198. The average molecular weight is 431 g/mol.